The third kappa shape index (κ3) is 6.28. The monoisotopic (exact) mass is 609 g/mol. The summed E-state index contributed by atoms with van der Waals surface area (Å²) in [6, 6.07) is 8.45. The van der Waals surface area contributed by atoms with Crippen LogP contribution in [0.4, 0.5) is 20.3 Å². The molecule has 1 fully saturated rings. The summed E-state index contributed by atoms with van der Waals surface area (Å²) in [5, 5.41) is 0.653. The summed E-state index contributed by atoms with van der Waals surface area (Å²) in [5.41, 5.74) is 0.280. The Morgan fingerprint density at radius 3 is 2.47 bits per heavy atom. The van der Waals surface area contributed by atoms with Crippen LogP contribution in [0.5, 0.6) is 0 Å². The second-order valence-corrected chi connectivity index (χ2v) is 11.4. The lowest BCUT2D eigenvalue weighted by atomic mass is 10.0. The number of aryl methyl sites for hydroxylation is 1. The molecule has 43 heavy (non-hydrogen) atoms. The number of nitrogens with one attached hydrogen (secondary N) is 1. The largest absolute Gasteiger partial charge is 0.352 e. The van der Waals surface area contributed by atoms with Gasteiger partial charge < -0.3 is 14.4 Å². The molecule has 2 aromatic heterocycles. The number of halogens is 2. The molecule has 1 aliphatic heterocycles. The lowest BCUT2D eigenvalue weighted by molar-refractivity contribution is -0.126. The van der Waals surface area contributed by atoms with Crippen molar-refractivity contribution in [2.75, 3.05) is 35.8 Å². The number of carbonyl (C=O) groups excluding carboxylic acids is 2. The number of sulfonamides is 1. The first kappa shape index (κ1) is 28.2. The highest BCUT2D eigenvalue weighted by molar-refractivity contribution is 7.92. The number of aromatic nitrogens is 3. The van der Waals surface area contributed by atoms with E-state index in [2.05, 4.69) is 14.7 Å². The SMILES string of the molecule is [2H]Cn1cc(-c2ccc3ncnc(N4CCN(C(=O)/C=C/C(C)=O)CC4)c3c2)cc(NS(=O)(=O)c2ccc(F)cc2F)c1=O. The molecule has 1 aliphatic rings. The highest BCUT2D eigenvalue weighted by Crippen LogP contribution is 2.30. The van der Waals surface area contributed by atoms with Crippen LogP contribution in [0.15, 0.2) is 76.8 Å². The number of rotatable bonds is 7. The van der Waals surface area contributed by atoms with Crippen LogP contribution in [0.2, 0.25) is 0 Å². The molecule has 1 N–H and O–H groups in total. The Kier molecular flexibility index (Phi) is 7.67. The summed E-state index contributed by atoms with van der Waals surface area (Å²) in [5.74, 6) is -2.16. The van der Waals surface area contributed by atoms with Gasteiger partial charge in [0.05, 0.1) is 5.52 Å². The van der Waals surface area contributed by atoms with Crippen LogP contribution < -0.4 is 15.2 Å². The van der Waals surface area contributed by atoms with Crippen LogP contribution in [-0.4, -0.2) is 65.7 Å². The van der Waals surface area contributed by atoms with Gasteiger partial charge in [0.25, 0.3) is 15.6 Å². The Morgan fingerprint density at radius 2 is 1.77 bits per heavy atom. The molecule has 0 spiro atoms. The summed E-state index contributed by atoms with van der Waals surface area (Å²) >= 11 is 0. The molecule has 0 radical (unpaired) electrons. The first-order valence-electron chi connectivity index (χ1n) is 13.7. The lowest BCUT2D eigenvalue weighted by Gasteiger charge is -2.35. The molecule has 11 nitrogen and oxygen atoms in total. The van der Waals surface area contributed by atoms with Gasteiger partial charge in [-0.3, -0.25) is 19.1 Å². The zero-order chi connectivity index (χ0) is 31.6. The zero-order valence-electron chi connectivity index (χ0n) is 23.8. The molecule has 2 aromatic carbocycles. The van der Waals surface area contributed by atoms with Gasteiger partial charge in [0, 0.05) is 63.9 Å². The van der Waals surface area contributed by atoms with Crippen molar-refractivity contribution in [3.63, 3.8) is 0 Å². The van der Waals surface area contributed by atoms with Gasteiger partial charge in [0.15, 0.2) is 5.78 Å². The molecule has 3 heterocycles. The number of piperazine rings is 1. The number of allylic oxidation sites excluding steroid dienone is 1. The molecule has 0 unspecified atom stereocenters. The average Bonchev–Trinajstić information content (AvgIpc) is 3.00. The van der Waals surface area contributed by atoms with Crippen LogP contribution in [0.25, 0.3) is 22.0 Å². The second kappa shape index (κ2) is 11.7. The van der Waals surface area contributed by atoms with Crippen molar-refractivity contribution >= 4 is 44.1 Å². The fraction of sp³-hybridized carbons (Fsp3) is 0.207. The number of fused-ring (bicyclic) bond motifs is 1. The van der Waals surface area contributed by atoms with Crippen LogP contribution in [-0.2, 0) is 26.6 Å². The minimum atomic E-state index is -4.62. The maximum atomic E-state index is 14.3. The van der Waals surface area contributed by atoms with E-state index in [-0.39, 0.29) is 11.7 Å². The van der Waals surface area contributed by atoms with Crippen molar-refractivity contribution in [2.24, 2.45) is 7.02 Å². The van der Waals surface area contributed by atoms with Crippen LogP contribution in [0.3, 0.4) is 0 Å². The molecule has 0 atom stereocenters. The number of carbonyl (C=O) groups is 2. The van der Waals surface area contributed by atoms with Crippen molar-refractivity contribution in [1.82, 2.24) is 19.4 Å². The van der Waals surface area contributed by atoms with Crippen LogP contribution in [0, 0.1) is 11.6 Å². The van der Waals surface area contributed by atoms with Gasteiger partial charge in [0.2, 0.25) is 5.91 Å². The molecule has 4 aromatic rings. The van der Waals surface area contributed by atoms with Crippen molar-refractivity contribution < 1.29 is 28.2 Å². The number of anilines is 2. The number of hydrogen-bond acceptors (Lipinski definition) is 8. The molecule has 0 aliphatic carbocycles. The lowest BCUT2D eigenvalue weighted by Crippen LogP contribution is -2.48. The Hall–Kier alpha value is -4.98. The second-order valence-electron chi connectivity index (χ2n) is 9.78. The van der Waals surface area contributed by atoms with Gasteiger partial charge in [-0.1, -0.05) is 6.07 Å². The highest BCUT2D eigenvalue weighted by atomic mass is 32.2. The summed E-state index contributed by atoms with van der Waals surface area (Å²) in [7, 11) is -5.15. The Labute approximate surface area is 246 Å². The molecule has 14 heteroatoms. The number of ketones is 1. The molecular formula is C29H26F2N6O5S. The van der Waals surface area contributed by atoms with E-state index in [0.717, 1.165) is 16.7 Å². The minimum Gasteiger partial charge on any atom is -0.352 e. The number of benzene rings is 2. The van der Waals surface area contributed by atoms with Gasteiger partial charge in [-0.05, 0) is 48.9 Å². The number of nitrogens with zero attached hydrogens (tertiary/aromatic N) is 5. The fourth-order valence-corrected chi connectivity index (χ4v) is 5.78. The Balaban J connectivity index is 1.47. The fourth-order valence-electron chi connectivity index (χ4n) is 4.67. The molecular weight excluding hydrogens is 582 g/mol. The maximum Gasteiger partial charge on any atom is 0.274 e. The van der Waals surface area contributed by atoms with E-state index in [0.29, 0.717) is 60.1 Å². The number of pyridine rings is 1. The third-order valence-corrected chi connectivity index (χ3v) is 8.21. The van der Waals surface area contributed by atoms with Crippen molar-refractivity contribution in [3.05, 3.63) is 89.1 Å². The maximum absolute atomic E-state index is 14.3. The standard InChI is InChI=1S/C29H26F2N6O5S/c1-18(38)3-8-27(39)36-9-11-37(12-10-36)28-22-13-19(4-6-24(22)32-17-33-28)20-14-25(29(40)35(2)16-20)34-43(41,42)26-7-5-21(30)15-23(26)31/h3-8,13-17,34H,9-12H2,1-2H3/b8-3+/i2D. The Bertz CT molecular complexity index is 1980. The topological polar surface area (TPSA) is 135 Å². The summed E-state index contributed by atoms with van der Waals surface area (Å²) in [4.78, 5) is 48.1. The van der Waals surface area contributed by atoms with Crippen LogP contribution >= 0.6 is 0 Å². The van der Waals surface area contributed by atoms with Gasteiger partial charge in [-0.25, -0.2) is 27.2 Å². The van der Waals surface area contributed by atoms with Crippen LogP contribution in [0.1, 0.15) is 8.29 Å². The molecule has 1 saturated heterocycles. The summed E-state index contributed by atoms with van der Waals surface area (Å²) in [6.07, 6.45) is 5.31. The summed E-state index contributed by atoms with van der Waals surface area (Å²) < 4.78 is 64.3. The van der Waals surface area contributed by atoms with Crippen molar-refractivity contribution in [3.8, 4) is 11.1 Å². The smallest absolute Gasteiger partial charge is 0.274 e. The first-order valence-corrected chi connectivity index (χ1v) is 14.4. The molecule has 222 valence electrons. The van der Waals surface area contributed by atoms with Gasteiger partial charge >= 0.3 is 0 Å². The van der Waals surface area contributed by atoms with Crippen molar-refractivity contribution in [2.45, 2.75) is 11.8 Å². The average molecular weight is 610 g/mol. The molecule has 5 rings (SSSR count). The molecule has 0 saturated carbocycles. The normalized spacial score (nSPS) is 14.3. The minimum absolute atomic E-state index is 0.218. The van der Waals surface area contributed by atoms with E-state index >= 15 is 0 Å². The molecule has 1 amide bonds. The first-order chi connectivity index (χ1) is 21.0. The zero-order valence-corrected chi connectivity index (χ0v) is 23.6. The molecule has 0 bridgehead atoms. The van der Waals surface area contributed by atoms with E-state index in [1.165, 1.54) is 37.7 Å². The van der Waals surface area contributed by atoms with E-state index in [9.17, 15) is 31.6 Å². The van der Waals surface area contributed by atoms with Gasteiger partial charge in [-0.15, -0.1) is 0 Å². The predicted octanol–water partition coefficient (Wildman–Crippen LogP) is 2.87. The van der Waals surface area contributed by atoms with E-state index in [4.69, 9.17) is 1.37 Å². The highest BCUT2D eigenvalue weighted by Gasteiger charge is 2.24. The number of hydrogen-bond donors (Lipinski definition) is 1. The van der Waals surface area contributed by atoms with Gasteiger partial charge in [0.1, 0.15) is 34.4 Å². The Morgan fingerprint density at radius 1 is 1.00 bits per heavy atom. The van der Waals surface area contributed by atoms with E-state index < -0.39 is 44.8 Å². The van der Waals surface area contributed by atoms with E-state index in [1.54, 1.807) is 23.1 Å². The predicted molar refractivity (Wildman–Crippen MR) is 156 cm³/mol. The van der Waals surface area contributed by atoms with Crippen molar-refractivity contribution in [1.29, 1.82) is 0 Å². The quantitative estimate of drug-likeness (QED) is 0.316. The third-order valence-electron chi connectivity index (χ3n) is 6.81. The number of amides is 1. The summed E-state index contributed by atoms with van der Waals surface area (Å²) in [6.45, 7) is 3.10. The van der Waals surface area contributed by atoms with Gasteiger partial charge in [-0.2, -0.15) is 0 Å². The van der Waals surface area contributed by atoms with E-state index in [1.807, 2.05) is 4.90 Å².